The molecule has 1 atom stereocenters. The highest BCUT2D eigenvalue weighted by atomic mass is 35.5. The Kier molecular flexibility index (Phi) is 6.49. The minimum absolute atomic E-state index is 0. The Morgan fingerprint density at radius 2 is 2.35 bits per heavy atom. The number of halogens is 1. The summed E-state index contributed by atoms with van der Waals surface area (Å²) in [5.41, 5.74) is 1.80. The first-order valence-electron chi connectivity index (χ1n) is 7.13. The summed E-state index contributed by atoms with van der Waals surface area (Å²) in [7, 11) is 1.88. The number of aromatic nitrogens is 2. The number of aryl methyl sites for hydroxylation is 1. The number of nitrogens with zero attached hydrogens (tertiary/aromatic N) is 2. The Labute approximate surface area is 126 Å². The first kappa shape index (κ1) is 17.0. The van der Waals surface area contributed by atoms with Crippen molar-refractivity contribution in [3.05, 3.63) is 11.9 Å². The SMILES string of the molecule is CC(C)c1nn(C)cc1NC(=O)CCC1CCCN1.Cl. The molecule has 1 fully saturated rings. The van der Waals surface area contributed by atoms with Crippen molar-refractivity contribution in [2.75, 3.05) is 11.9 Å². The molecular formula is C14H25ClN4O. The topological polar surface area (TPSA) is 59.0 Å². The lowest BCUT2D eigenvalue weighted by Gasteiger charge is -2.10. The summed E-state index contributed by atoms with van der Waals surface area (Å²) in [6, 6.07) is 0.518. The Hall–Kier alpha value is -1.07. The van der Waals surface area contributed by atoms with E-state index in [1.165, 1.54) is 12.8 Å². The molecule has 0 aliphatic carbocycles. The summed E-state index contributed by atoms with van der Waals surface area (Å²) >= 11 is 0. The average Bonchev–Trinajstić information content (AvgIpc) is 2.96. The summed E-state index contributed by atoms with van der Waals surface area (Å²) in [5.74, 6) is 0.400. The molecule has 6 heteroatoms. The Morgan fingerprint density at radius 1 is 1.60 bits per heavy atom. The molecule has 0 spiro atoms. The van der Waals surface area contributed by atoms with Gasteiger partial charge in [-0.3, -0.25) is 9.48 Å². The molecule has 0 aromatic carbocycles. The van der Waals surface area contributed by atoms with Gasteiger partial charge >= 0.3 is 0 Å². The van der Waals surface area contributed by atoms with Crippen LogP contribution in [-0.4, -0.2) is 28.3 Å². The Bertz CT molecular complexity index is 438. The highest BCUT2D eigenvalue weighted by molar-refractivity contribution is 5.91. The highest BCUT2D eigenvalue weighted by Gasteiger charge is 2.17. The van der Waals surface area contributed by atoms with Gasteiger partial charge in [-0.2, -0.15) is 5.10 Å². The van der Waals surface area contributed by atoms with E-state index >= 15 is 0 Å². The standard InChI is InChI=1S/C14H24N4O.ClH/c1-10(2)14-12(9-18(3)17-14)16-13(19)7-6-11-5-4-8-15-11;/h9-11,15H,4-8H2,1-3H3,(H,16,19);1H. The summed E-state index contributed by atoms with van der Waals surface area (Å²) in [5, 5.41) is 10.8. The normalized spacial score (nSPS) is 18.1. The zero-order chi connectivity index (χ0) is 13.8. The van der Waals surface area contributed by atoms with Crippen molar-refractivity contribution >= 4 is 24.0 Å². The monoisotopic (exact) mass is 300 g/mol. The third kappa shape index (κ3) is 4.49. The summed E-state index contributed by atoms with van der Waals surface area (Å²) in [6.07, 6.45) is 5.79. The van der Waals surface area contributed by atoms with Crippen molar-refractivity contribution < 1.29 is 4.79 Å². The van der Waals surface area contributed by atoms with Crippen molar-refractivity contribution in [2.45, 2.75) is 51.5 Å². The molecule has 2 rings (SSSR count). The fraction of sp³-hybridized carbons (Fsp3) is 0.714. The van der Waals surface area contributed by atoms with E-state index in [1.54, 1.807) is 4.68 Å². The van der Waals surface area contributed by atoms with Gasteiger partial charge < -0.3 is 10.6 Å². The molecule has 1 saturated heterocycles. The lowest BCUT2D eigenvalue weighted by molar-refractivity contribution is -0.116. The van der Waals surface area contributed by atoms with Crippen LogP contribution in [0.1, 0.15) is 51.1 Å². The van der Waals surface area contributed by atoms with Gasteiger partial charge in [0.05, 0.1) is 11.4 Å². The molecule has 1 aliphatic heterocycles. The van der Waals surface area contributed by atoms with E-state index < -0.39 is 0 Å². The predicted molar refractivity (Wildman–Crippen MR) is 83.4 cm³/mol. The second kappa shape index (κ2) is 7.64. The van der Waals surface area contributed by atoms with Crippen LogP contribution in [0.4, 0.5) is 5.69 Å². The quantitative estimate of drug-likeness (QED) is 0.878. The maximum Gasteiger partial charge on any atom is 0.224 e. The second-order valence-corrected chi connectivity index (χ2v) is 5.64. The first-order chi connectivity index (χ1) is 9.06. The predicted octanol–water partition coefficient (Wildman–Crippen LogP) is 2.44. The zero-order valence-corrected chi connectivity index (χ0v) is 13.3. The van der Waals surface area contributed by atoms with Crippen molar-refractivity contribution in [3.8, 4) is 0 Å². The Morgan fingerprint density at radius 3 is 2.95 bits per heavy atom. The van der Waals surface area contributed by atoms with Gasteiger partial charge in [0.2, 0.25) is 5.91 Å². The van der Waals surface area contributed by atoms with Crippen LogP contribution in [0.25, 0.3) is 0 Å². The molecule has 2 N–H and O–H groups in total. The molecule has 20 heavy (non-hydrogen) atoms. The fourth-order valence-electron chi connectivity index (χ4n) is 2.55. The van der Waals surface area contributed by atoms with E-state index in [1.807, 2.05) is 13.2 Å². The van der Waals surface area contributed by atoms with Crippen molar-refractivity contribution in [1.82, 2.24) is 15.1 Å². The lowest BCUT2D eigenvalue weighted by atomic mass is 10.1. The van der Waals surface area contributed by atoms with E-state index in [-0.39, 0.29) is 18.3 Å². The number of carbonyl (C=O) groups excluding carboxylic acids is 1. The number of hydrogen-bond donors (Lipinski definition) is 2. The zero-order valence-electron chi connectivity index (χ0n) is 12.5. The van der Waals surface area contributed by atoms with E-state index in [0.717, 1.165) is 24.3 Å². The molecule has 0 bridgehead atoms. The van der Waals surface area contributed by atoms with Gasteiger partial charge in [-0.1, -0.05) is 13.8 Å². The van der Waals surface area contributed by atoms with Gasteiger partial charge in [-0.25, -0.2) is 0 Å². The lowest BCUT2D eigenvalue weighted by Crippen LogP contribution is -2.23. The van der Waals surface area contributed by atoms with Crippen LogP contribution in [0.2, 0.25) is 0 Å². The van der Waals surface area contributed by atoms with Crippen molar-refractivity contribution in [3.63, 3.8) is 0 Å². The molecule has 1 aromatic rings. The first-order valence-corrected chi connectivity index (χ1v) is 7.13. The van der Waals surface area contributed by atoms with Crippen molar-refractivity contribution in [2.24, 2.45) is 7.05 Å². The third-order valence-corrected chi connectivity index (χ3v) is 3.56. The number of amides is 1. The van der Waals surface area contributed by atoms with Crippen molar-refractivity contribution in [1.29, 1.82) is 0 Å². The second-order valence-electron chi connectivity index (χ2n) is 5.64. The maximum atomic E-state index is 12.0. The smallest absolute Gasteiger partial charge is 0.224 e. The number of nitrogens with one attached hydrogen (secondary N) is 2. The van der Waals surface area contributed by atoms with Crippen LogP contribution in [0.3, 0.4) is 0 Å². The molecule has 0 saturated carbocycles. The third-order valence-electron chi connectivity index (χ3n) is 3.56. The largest absolute Gasteiger partial charge is 0.323 e. The van der Waals surface area contributed by atoms with Crippen LogP contribution in [0.15, 0.2) is 6.20 Å². The van der Waals surface area contributed by atoms with Gasteiger partial charge in [0, 0.05) is 25.7 Å². The Balaban J connectivity index is 0.00000200. The molecule has 1 aromatic heterocycles. The number of hydrogen-bond acceptors (Lipinski definition) is 3. The summed E-state index contributed by atoms with van der Waals surface area (Å²) < 4.78 is 1.75. The van der Waals surface area contributed by atoms with E-state index in [4.69, 9.17) is 0 Å². The molecule has 1 aliphatic rings. The summed E-state index contributed by atoms with van der Waals surface area (Å²) in [6.45, 7) is 5.26. The molecule has 0 radical (unpaired) electrons. The number of rotatable bonds is 5. The molecule has 2 heterocycles. The minimum Gasteiger partial charge on any atom is -0.323 e. The number of anilines is 1. The van der Waals surface area contributed by atoms with Crippen LogP contribution >= 0.6 is 12.4 Å². The fourth-order valence-corrected chi connectivity index (χ4v) is 2.55. The molecular weight excluding hydrogens is 276 g/mol. The van der Waals surface area contributed by atoms with E-state index in [9.17, 15) is 4.79 Å². The molecule has 1 unspecified atom stereocenters. The van der Waals surface area contributed by atoms with Gasteiger partial charge in [0.25, 0.3) is 0 Å². The van der Waals surface area contributed by atoms with Crippen LogP contribution in [0.5, 0.6) is 0 Å². The van der Waals surface area contributed by atoms with E-state index in [2.05, 4.69) is 29.6 Å². The molecule has 5 nitrogen and oxygen atoms in total. The summed E-state index contributed by atoms with van der Waals surface area (Å²) in [4.78, 5) is 12.0. The van der Waals surface area contributed by atoms with Gasteiger partial charge in [0.1, 0.15) is 0 Å². The van der Waals surface area contributed by atoms with Crippen LogP contribution in [-0.2, 0) is 11.8 Å². The average molecular weight is 301 g/mol. The van der Waals surface area contributed by atoms with E-state index in [0.29, 0.717) is 18.4 Å². The van der Waals surface area contributed by atoms with Crippen LogP contribution < -0.4 is 10.6 Å². The highest BCUT2D eigenvalue weighted by Crippen LogP contribution is 2.22. The number of carbonyl (C=O) groups is 1. The molecule has 1 amide bonds. The van der Waals surface area contributed by atoms with Crippen LogP contribution in [0, 0.1) is 0 Å². The minimum atomic E-state index is 0. The van der Waals surface area contributed by atoms with Gasteiger partial charge in [0.15, 0.2) is 0 Å². The van der Waals surface area contributed by atoms with Gasteiger partial charge in [-0.05, 0) is 31.7 Å². The van der Waals surface area contributed by atoms with Gasteiger partial charge in [-0.15, -0.1) is 12.4 Å². The maximum absolute atomic E-state index is 12.0. The molecule has 114 valence electrons.